The number of nitrogens with two attached hydrogens (primary N) is 1. The minimum absolute atomic E-state index is 0.0148. The average molecular weight is 1010 g/mol. The molecular weight excluding hydrogens is 944 g/mol. The van der Waals surface area contributed by atoms with Gasteiger partial charge in [0.15, 0.2) is 17.2 Å². The number of carbonyl (C=O) groups excluding carboxylic acids is 7. The van der Waals surface area contributed by atoms with Crippen molar-refractivity contribution in [2.24, 2.45) is 11.7 Å². The van der Waals surface area contributed by atoms with Crippen LogP contribution in [0.15, 0.2) is 47.3 Å². The molecule has 0 saturated carbocycles. The highest BCUT2D eigenvalue weighted by Crippen LogP contribution is 2.46. The lowest BCUT2D eigenvalue weighted by atomic mass is 9.81. The number of hydrogen-bond acceptors (Lipinski definition) is 14. The van der Waals surface area contributed by atoms with Gasteiger partial charge in [-0.1, -0.05) is 37.3 Å². The minimum Gasteiger partial charge on any atom is -0.460 e. The third-order valence-corrected chi connectivity index (χ3v) is 13.5. The maximum Gasteiger partial charge on any atom is 0.343 e. The second kappa shape index (κ2) is 21.4. The van der Waals surface area contributed by atoms with Crippen LogP contribution < -0.4 is 27.2 Å². The first-order chi connectivity index (χ1) is 34.3. The van der Waals surface area contributed by atoms with Crippen LogP contribution in [0.5, 0.6) is 0 Å². The molecule has 2 aliphatic heterocycles. The number of pyridine rings is 2. The number of nitrogens with one attached hydrogen (secondary N) is 3. The Kier molecular flexibility index (Phi) is 15.9. The van der Waals surface area contributed by atoms with Gasteiger partial charge in [-0.15, -0.1) is 0 Å². The lowest BCUT2D eigenvalue weighted by Gasteiger charge is -2.32. The van der Waals surface area contributed by atoms with Crippen molar-refractivity contribution in [1.29, 1.82) is 0 Å². The van der Waals surface area contributed by atoms with Crippen LogP contribution in [-0.4, -0.2) is 92.3 Å². The number of nitrogens with zero attached hydrogens (tertiary/aromatic N) is 2. The van der Waals surface area contributed by atoms with Gasteiger partial charge in [0.25, 0.3) is 5.56 Å². The van der Waals surface area contributed by atoms with Gasteiger partial charge in [0, 0.05) is 47.8 Å². The van der Waals surface area contributed by atoms with Gasteiger partial charge in [-0.3, -0.25) is 33.6 Å². The molecule has 18 nitrogen and oxygen atoms in total. The van der Waals surface area contributed by atoms with Crippen molar-refractivity contribution in [3.8, 4) is 11.4 Å². The normalized spacial score (nSPS) is 18.1. The second-order valence-corrected chi connectivity index (χ2v) is 21.2. The molecule has 0 radical (unpaired) electrons. The summed E-state index contributed by atoms with van der Waals surface area (Å²) in [6, 6.07) is 8.65. The number of aromatic nitrogens is 2. The monoisotopic (exact) mass is 1010 g/mol. The van der Waals surface area contributed by atoms with Crippen molar-refractivity contribution in [2.45, 2.75) is 155 Å². The van der Waals surface area contributed by atoms with E-state index < -0.39 is 100.0 Å². The summed E-state index contributed by atoms with van der Waals surface area (Å²) < 4.78 is 33.7. The number of benzene rings is 2. The Bertz CT molecular complexity index is 2940. The van der Waals surface area contributed by atoms with E-state index in [1.165, 1.54) is 10.6 Å². The van der Waals surface area contributed by atoms with Gasteiger partial charge >= 0.3 is 11.9 Å². The van der Waals surface area contributed by atoms with E-state index in [1.54, 1.807) is 91.8 Å². The van der Waals surface area contributed by atoms with Gasteiger partial charge in [0.2, 0.25) is 17.7 Å². The number of aliphatic hydroxyl groups is 1. The molecule has 0 spiro atoms. The van der Waals surface area contributed by atoms with Crippen LogP contribution in [0.4, 0.5) is 4.39 Å². The van der Waals surface area contributed by atoms with Gasteiger partial charge in [0.05, 0.1) is 66.3 Å². The number of halogens is 1. The molecule has 7 rings (SSSR count). The minimum atomic E-state index is -2.08. The third kappa shape index (κ3) is 12.1. The zero-order valence-corrected chi connectivity index (χ0v) is 42.6. The Morgan fingerprint density at radius 1 is 0.973 bits per heavy atom. The fraction of sp³-hybridized carbons (Fsp3) is 0.500. The van der Waals surface area contributed by atoms with Crippen molar-refractivity contribution in [2.75, 3.05) is 13.2 Å². The number of ketones is 2. The molecule has 5 atom stereocenters. The maximum atomic E-state index is 15.6. The molecule has 0 fully saturated rings. The maximum absolute atomic E-state index is 15.6. The fourth-order valence-corrected chi connectivity index (χ4v) is 9.66. The number of rotatable bonds is 19. The summed E-state index contributed by atoms with van der Waals surface area (Å²) in [5.41, 5.74) is 6.03. The number of carbonyl (C=O) groups is 7. The Morgan fingerprint density at radius 3 is 2.36 bits per heavy atom. The molecule has 4 heterocycles. The number of aryl methyl sites for hydroxylation is 1. The summed E-state index contributed by atoms with van der Waals surface area (Å²) in [5, 5.41) is 20.6. The summed E-state index contributed by atoms with van der Waals surface area (Å²) in [6.07, 6.45) is -0.556. The molecule has 0 unspecified atom stereocenters. The molecule has 1 aliphatic carbocycles. The topological polar surface area (TPSA) is 264 Å². The van der Waals surface area contributed by atoms with Crippen LogP contribution >= 0.6 is 0 Å². The van der Waals surface area contributed by atoms with E-state index in [0.29, 0.717) is 51.9 Å². The first-order valence-electron chi connectivity index (χ1n) is 24.7. The predicted octanol–water partition coefficient (Wildman–Crippen LogP) is 4.27. The van der Waals surface area contributed by atoms with Gasteiger partial charge in [0.1, 0.15) is 24.1 Å². The summed E-state index contributed by atoms with van der Waals surface area (Å²) in [6.45, 7) is 12.7. The lowest BCUT2D eigenvalue weighted by Crippen LogP contribution is -2.53. The van der Waals surface area contributed by atoms with E-state index in [-0.39, 0.29) is 74.9 Å². The molecule has 390 valence electrons. The van der Waals surface area contributed by atoms with Gasteiger partial charge in [-0.05, 0) is 102 Å². The predicted molar refractivity (Wildman–Crippen MR) is 265 cm³/mol. The van der Waals surface area contributed by atoms with E-state index in [2.05, 4.69) is 16.0 Å². The zero-order chi connectivity index (χ0) is 53.3. The second-order valence-electron chi connectivity index (χ2n) is 21.2. The third-order valence-electron chi connectivity index (χ3n) is 13.5. The van der Waals surface area contributed by atoms with Crippen LogP contribution in [-0.2, 0) is 79.4 Å². The van der Waals surface area contributed by atoms with Crippen molar-refractivity contribution >= 4 is 52.1 Å². The Hall–Kier alpha value is -6.70. The van der Waals surface area contributed by atoms with Crippen LogP contribution in [0.3, 0.4) is 0 Å². The zero-order valence-electron chi connectivity index (χ0n) is 42.6. The van der Waals surface area contributed by atoms with Gasteiger partial charge in [-0.2, -0.15) is 0 Å². The van der Waals surface area contributed by atoms with Crippen LogP contribution in [0.2, 0.25) is 0 Å². The highest BCUT2D eigenvalue weighted by molar-refractivity contribution is 5.96. The number of Topliss-reactive ketones (excluding diaryl/α,β-unsaturated/α-hetero) is 2. The molecule has 3 aliphatic rings. The van der Waals surface area contributed by atoms with Crippen molar-refractivity contribution in [3.63, 3.8) is 0 Å². The summed E-state index contributed by atoms with van der Waals surface area (Å²) in [5.74, 6) is -5.90. The van der Waals surface area contributed by atoms with Gasteiger partial charge < -0.3 is 45.6 Å². The van der Waals surface area contributed by atoms with E-state index in [4.69, 9.17) is 24.9 Å². The quantitative estimate of drug-likeness (QED) is 0.0724. The molecule has 4 aromatic rings. The standard InChI is InChI=1S/C54H65FN6O12/c1-9-54(70)35-21-41-47-33(25-61(41)50(68)34(35)26-71-51(54)69)46-38(16-15-32-28(2)36(55)22-39(58-47)45(32)46)59-49(67)40(27-72-52(3,4)5)60-48(66)30(19-29-13-11-10-12-14-29)20-31(62)24-57-43(64)18-17-42(63)37(56)23-44(65)73-53(6,7)8/h10-14,21-22,30,37-38,40,70H,9,15-20,23-27,56H2,1-8H3,(H,57,64)(H,59,67)(H,60,66)/t30-,37+,38+,40+,54+/m1/s1. The van der Waals surface area contributed by atoms with E-state index in [9.17, 15) is 43.5 Å². The number of cyclic esters (lactones) is 1. The number of hydrogen-bond donors (Lipinski definition) is 5. The van der Waals surface area contributed by atoms with E-state index >= 15 is 4.39 Å². The number of fused-ring (bicyclic) bond motifs is 5. The Labute approximate surface area is 422 Å². The molecule has 2 aromatic heterocycles. The molecule has 0 bridgehead atoms. The van der Waals surface area contributed by atoms with E-state index in [1.807, 2.05) is 0 Å². The number of amides is 3. The van der Waals surface area contributed by atoms with Crippen LogP contribution in [0.25, 0.3) is 22.3 Å². The summed E-state index contributed by atoms with van der Waals surface area (Å²) in [4.78, 5) is 112. The SMILES string of the molecule is CC[C@@]1(O)C(=O)OCc2c1cc1n(c2=O)Cc2c-1nc1cc(F)c(C)c3c1c2[C@@H](NC(=O)[C@H](COC(C)(C)C)NC(=O)[C@@H](CC(=O)CNC(=O)CCC(=O)[C@@H](N)CC(=O)OC(C)(C)C)Cc1ccccc1)CC3. The molecule has 2 aromatic carbocycles. The Balaban J connectivity index is 1.12. The molecular formula is C54H65FN6O12. The van der Waals surface area contributed by atoms with Crippen LogP contribution in [0, 0.1) is 18.7 Å². The lowest BCUT2D eigenvalue weighted by molar-refractivity contribution is -0.172. The Morgan fingerprint density at radius 2 is 1.68 bits per heavy atom. The van der Waals surface area contributed by atoms with Crippen molar-refractivity contribution in [3.05, 3.63) is 97.6 Å². The smallest absolute Gasteiger partial charge is 0.343 e. The van der Waals surface area contributed by atoms with E-state index in [0.717, 1.165) is 5.56 Å². The van der Waals surface area contributed by atoms with Gasteiger partial charge in [-0.25, -0.2) is 14.2 Å². The summed E-state index contributed by atoms with van der Waals surface area (Å²) in [7, 11) is 0. The first-order valence-corrected chi connectivity index (χ1v) is 24.7. The number of esters is 2. The number of ether oxygens (including phenoxy) is 3. The van der Waals surface area contributed by atoms with Crippen LogP contribution in [0.1, 0.15) is 132 Å². The fourth-order valence-electron chi connectivity index (χ4n) is 9.66. The summed E-state index contributed by atoms with van der Waals surface area (Å²) >= 11 is 0. The highest BCUT2D eigenvalue weighted by atomic mass is 19.1. The largest absolute Gasteiger partial charge is 0.460 e. The van der Waals surface area contributed by atoms with Crippen molar-refractivity contribution < 1.29 is 57.3 Å². The average Bonchev–Trinajstić information content (AvgIpc) is 3.69. The molecule has 3 amide bonds. The first kappa shape index (κ1) is 54.1. The molecule has 73 heavy (non-hydrogen) atoms. The molecule has 19 heteroatoms. The molecule has 0 saturated heterocycles. The highest BCUT2D eigenvalue weighted by Gasteiger charge is 2.46. The molecule has 6 N–H and O–H groups in total. The van der Waals surface area contributed by atoms with Crippen molar-refractivity contribution in [1.82, 2.24) is 25.5 Å².